The lowest BCUT2D eigenvalue weighted by Gasteiger charge is -2.29. The van der Waals surface area contributed by atoms with Gasteiger partial charge in [0.2, 0.25) is 5.91 Å². The standard InChI is InChI=1S/C18H22Cl2N4O3.C2H6/c1-27-18(26)12-4-7-23(8-5-12)11-17(25)21-16-6-9-24(22-16)13-2-3-14(19)15(20)10-13;1-2/h2-3,10,12H,4-9,11H2,1H3,(H,21,22,25);1-2H3. The van der Waals surface area contributed by atoms with Gasteiger partial charge in [-0.25, -0.2) is 0 Å². The number of carbonyl (C=O) groups excluding carboxylic acids is 2. The molecule has 160 valence electrons. The Morgan fingerprint density at radius 3 is 2.48 bits per heavy atom. The Bertz CT molecular complexity index is 749. The molecule has 0 saturated carbocycles. The zero-order valence-corrected chi connectivity index (χ0v) is 18.6. The number of piperidine rings is 1. The van der Waals surface area contributed by atoms with Gasteiger partial charge in [-0.2, -0.15) is 5.10 Å². The number of methoxy groups -OCH3 is 1. The zero-order chi connectivity index (χ0) is 21.4. The van der Waals surface area contributed by atoms with E-state index < -0.39 is 0 Å². The Morgan fingerprint density at radius 2 is 1.86 bits per heavy atom. The second-order valence-corrected chi connectivity index (χ2v) is 7.45. The molecule has 29 heavy (non-hydrogen) atoms. The van der Waals surface area contributed by atoms with E-state index in [0.29, 0.717) is 61.3 Å². The largest absolute Gasteiger partial charge is 0.469 e. The smallest absolute Gasteiger partial charge is 0.308 e. The third-order valence-corrected chi connectivity index (χ3v) is 5.52. The van der Waals surface area contributed by atoms with Crippen molar-refractivity contribution in [2.24, 2.45) is 11.0 Å². The third-order valence-electron chi connectivity index (χ3n) is 4.78. The summed E-state index contributed by atoms with van der Waals surface area (Å²) in [5, 5.41) is 10.1. The highest BCUT2D eigenvalue weighted by molar-refractivity contribution is 6.42. The molecule has 0 aliphatic carbocycles. The van der Waals surface area contributed by atoms with Crippen LogP contribution < -0.4 is 10.3 Å². The van der Waals surface area contributed by atoms with Crippen molar-refractivity contribution in [3.63, 3.8) is 0 Å². The molecular formula is C20H28Cl2N4O3. The lowest BCUT2D eigenvalue weighted by Crippen LogP contribution is -2.44. The van der Waals surface area contributed by atoms with Gasteiger partial charge in [0.1, 0.15) is 5.84 Å². The molecule has 3 rings (SSSR count). The summed E-state index contributed by atoms with van der Waals surface area (Å²) in [4.78, 5) is 25.9. The normalized spacial score (nSPS) is 17.3. The minimum atomic E-state index is -0.165. The zero-order valence-electron chi connectivity index (χ0n) is 17.1. The summed E-state index contributed by atoms with van der Waals surface area (Å²) in [6, 6.07) is 5.32. The van der Waals surface area contributed by atoms with E-state index >= 15 is 0 Å². The van der Waals surface area contributed by atoms with Crippen LogP contribution >= 0.6 is 23.2 Å². The van der Waals surface area contributed by atoms with Crippen molar-refractivity contribution in [2.75, 3.05) is 38.3 Å². The van der Waals surface area contributed by atoms with Gasteiger partial charge in [-0.3, -0.25) is 19.5 Å². The van der Waals surface area contributed by atoms with Gasteiger partial charge in [0.25, 0.3) is 0 Å². The first kappa shape index (κ1) is 23.4. The molecule has 0 spiro atoms. The Morgan fingerprint density at radius 1 is 1.17 bits per heavy atom. The highest BCUT2D eigenvalue weighted by Crippen LogP contribution is 2.28. The second-order valence-electron chi connectivity index (χ2n) is 6.64. The molecule has 7 nitrogen and oxygen atoms in total. The molecule has 0 atom stereocenters. The summed E-state index contributed by atoms with van der Waals surface area (Å²) >= 11 is 12.0. The lowest BCUT2D eigenvalue weighted by atomic mass is 9.97. The van der Waals surface area contributed by atoms with E-state index in [1.807, 2.05) is 24.8 Å². The van der Waals surface area contributed by atoms with Crippen molar-refractivity contribution in [3.8, 4) is 0 Å². The fraction of sp³-hybridized carbons (Fsp3) is 0.550. The number of hydrogen-bond acceptors (Lipinski definition) is 6. The molecule has 2 aliphatic rings. The minimum Gasteiger partial charge on any atom is -0.469 e. The third kappa shape index (κ3) is 6.59. The van der Waals surface area contributed by atoms with Gasteiger partial charge in [0.05, 0.1) is 35.3 Å². The monoisotopic (exact) mass is 442 g/mol. The maximum absolute atomic E-state index is 12.3. The van der Waals surface area contributed by atoms with E-state index in [0.717, 1.165) is 5.69 Å². The minimum absolute atomic E-state index is 0.0618. The van der Waals surface area contributed by atoms with Crippen LogP contribution in [0.25, 0.3) is 0 Å². The summed E-state index contributed by atoms with van der Waals surface area (Å²) in [6.07, 6.45) is 2.08. The molecule has 2 heterocycles. The van der Waals surface area contributed by atoms with Crippen LogP contribution in [-0.4, -0.2) is 55.9 Å². The number of benzene rings is 1. The maximum atomic E-state index is 12.3. The van der Waals surface area contributed by atoms with Crippen LogP contribution in [0.5, 0.6) is 0 Å². The number of hydrogen-bond donors (Lipinski definition) is 1. The van der Waals surface area contributed by atoms with Crippen molar-refractivity contribution >= 4 is 46.6 Å². The number of amidine groups is 1. The Labute approximate surface area is 182 Å². The van der Waals surface area contributed by atoms with Crippen LogP contribution in [0.2, 0.25) is 10.0 Å². The van der Waals surface area contributed by atoms with E-state index in [1.165, 1.54) is 7.11 Å². The van der Waals surface area contributed by atoms with Gasteiger partial charge in [-0.15, -0.1) is 0 Å². The van der Waals surface area contributed by atoms with Crippen molar-refractivity contribution < 1.29 is 14.3 Å². The van der Waals surface area contributed by atoms with Crippen LogP contribution in [0.4, 0.5) is 5.69 Å². The predicted octanol–water partition coefficient (Wildman–Crippen LogP) is 3.54. The van der Waals surface area contributed by atoms with Crippen LogP contribution in [0.1, 0.15) is 33.1 Å². The molecule has 0 aromatic heterocycles. The van der Waals surface area contributed by atoms with Crippen LogP contribution in [-0.2, 0) is 14.3 Å². The van der Waals surface area contributed by atoms with Crippen LogP contribution in [0.15, 0.2) is 23.3 Å². The Hall–Kier alpha value is -1.83. The first-order valence-electron chi connectivity index (χ1n) is 9.86. The van der Waals surface area contributed by atoms with Gasteiger partial charge >= 0.3 is 5.97 Å². The highest BCUT2D eigenvalue weighted by Gasteiger charge is 2.27. The molecule has 1 aromatic rings. The SMILES string of the molecule is CC.COC(=O)C1CCN(CC(=O)NC2=NN(c3ccc(Cl)c(Cl)c3)CC2)CC1. The molecule has 0 unspecified atom stereocenters. The van der Waals surface area contributed by atoms with Crippen molar-refractivity contribution in [1.82, 2.24) is 10.2 Å². The van der Waals surface area contributed by atoms with Gasteiger partial charge in [-0.1, -0.05) is 37.0 Å². The van der Waals surface area contributed by atoms with Crippen LogP contribution in [0.3, 0.4) is 0 Å². The lowest BCUT2D eigenvalue weighted by molar-refractivity contribution is -0.147. The van der Waals surface area contributed by atoms with Crippen molar-refractivity contribution in [3.05, 3.63) is 28.2 Å². The number of nitrogens with zero attached hydrogens (tertiary/aromatic N) is 3. The molecule has 0 bridgehead atoms. The summed E-state index contributed by atoms with van der Waals surface area (Å²) in [6.45, 7) is 6.36. The molecule has 1 fully saturated rings. The summed E-state index contributed by atoms with van der Waals surface area (Å²) < 4.78 is 4.78. The topological polar surface area (TPSA) is 74.2 Å². The van der Waals surface area contributed by atoms with E-state index in [4.69, 9.17) is 27.9 Å². The molecule has 9 heteroatoms. The van der Waals surface area contributed by atoms with E-state index in [2.05, 4.69) is 10.4 Å². The number of ether oxygens (including phenoxy) is 1. The summed E-state index contributed by atoms with van der Waals surface area (Å²) in [5.41, 5.74) is 0.832. The number of likely N-dealkylation sites (tertiary alicyclic amines) is 1. The molecule has 2 aliphatic heterocycles. The summed E-state index contributed by atoms with van der Waals surface area (Å²) in [5.74, 6) is 0.312. The number of hydrazone groups is 1. The fourth-order valence-electron chi connectivity index (χ4n) is 3.27. The van der Waals surface area contributed by atoms with Gasteiger partial charge in [-0.05, 0) is 44.1 Å². The molecule has 1 saturated heterocycles. The Balaban J connectivity index is 0.00000145. The summed E-state index contributed by atoms with van der Waals surface area (Å²) in [7, 11) is 1.41. The van der Waals surface area contributed by atoms with E-state index in [-0.39, 0.29) is 17.8 Å². The van der Waals surface area contributed by atoms with Crippen LogP contribution in [0, 0.1) is 5.92 Å². The average molecular weight is 443 g/mol. The van der Waals surface area contributed by atoms with E-state index in [9.17, 15) is 9.59 Å². The van der Waals surface area contributed by atoms with Crippen molar-refractivity contribution in [1.29, 1.82) is 0 Å². The van der Waals surface area contributed by atoms with E-state index in [1.54, 1.807) is 17.1 Å². The molecule has 0 radical (unpaired) electrons. The molecular weight excluding hydrogens is 415 g/mol. The molecule has 1 amide bonds. The predicted molar refractivity (Wildman–Crippen MR) is 117 cm³/mol. The van der Waals surface area contributed by atoms with Crippen molar-refractivity contribution in [2.45, 2.75) is 33.1 Å². The number of amides is 1. The average Bonchev–Trinajstić information content (AvgIpc) is 3.19. The fourth-order valence-corrected chi connectivity index (χ4v) is 3.57. The number of anilines is 1. The first-order valence-corrected chi connectivity index (χ1v) is 10.6. The number of nitrogens with one attached hydrogen (secondary N) is 1. The first-order chi connectivity index (χ1) is 14.0. The number of carbonyl (C=O) groups is 2. The Kier molecular flexibility index (Phi) is 9.20. The second kappa shape index (κ2) is 11.4. The molecule has 1 N–H and O–H groups in total. The number of halogens is 2. The highest BCUT2D eigenvalue weighted by atomic mass is 35.5. The number of esters is 1. The molecule has 1 aromatic carbocycles. The maximum Gasteiger partial charge on any atom is 0.308 e. The van der Waals surface area contributed by atoms with Gasteiger partial charge < -0.3 is 10.1 Å². The quantitative estimate of drug-likeness (QED) is 0.721. The number of rotatable bonds is 4. The van der Waals surface area contributed by atoms with Gasteiger partial charge in [0.15, 0.2) is 0 Å². The van der Waals surface area contributed by atoms with Gasteiger partial charge in [0, 0.05) is 13.0 Å².